The Morgan fingerprint density at radius 3 is 2.72 bits per heavy atom. The minimum absolute atomic E-state index is 0. The Hall–Kier alpha value is -1.35. The van der Waals surface area contributed by atoms with E-state index in [1.165, 1.54) is 5.01 Å². The summed E-state index contributed by atoms with van der Waals surface area (Å²) in [6, 6.07) is 9.86. The molecule has 1 heterocycles. The molecule has 2 rings (SSSR count). The van der Waals surface area contributed by atoms with Crippen LogP contribution in [0.1, 0.15) is 17.6 Å². The van der Waals surface area contributed by atoms with E-state index in [0.29, 0.717) is 6.61 Å². The Morgan fingerprint density at radius 1 is 1.32 bits per heavy atom. The van der Waals surface area contributed by atoms with E-state index in [-0.39, 0.29) is 24.0 Å². The number of aliphatic imine (C=N–C) groups is 1. The minimum atomic E-state index is 0. The second-order valence-electron chi connectivity index (χ2n) is 5.39. The average molecular weight is 474 g/mol. The Balaban J connectivity index is 0.00000312. The van der Waals surface area contributed by atoms with Crippen LogP contribution in [0.3, 0.4) is 0 Å². The van der Waals surface area contributed by atoms with Gasteiger partial charge in [0.25, 0.3) is 0 Å². The lowest BCUT2D eigenvalue weighted by Gasteiger charge is -2.22. The van der Waals surface area contributed by atoms with Gasteiger partial charge in [-0.05, 0) is 18.6 Å². The number of hydrogen-bond acceptors (Lipinski definition) is 4. The van der Waals surface area contributed by atoms with E-state index >= 15 is 0 Å². The van der Waals surface area contributed by atoms with Crippen molar-refractivity contribution in [3.05, 3.63) is 46.4 Å². The number of rotatable bonds is 8. The molecule has 138 valence electrons. The third kappa shape index (κ3) is 7.60. The van der Waals surface area contributed by atoms with Crippen LogP contribution in [0.15, 0.2) is 40.7 Å². The topological polar surface area (TPSA) is 49.8 Å². The molecule has 0 saturated heterocycles. The molecule has 1 N–H and O–H groups in total. The van der Waals surface area contributed by atoms with Crippen LogP contribution in [0.5, 0.6) is 5.75 Å². The zero-order chi connectivity index (χ0) is 17.2. The van der Waals surface area contributed by atoms with Gasteiger partial charge < -0.3 is 15.0 Å². The van der Waals surface area contributed by atoms with Crippen molar-refractivity contribution in [2.24, 2.45) is 4.99 Å². The normalized spacial score (nSPS) is 10.9. The van der Waals surface area contributed by atoms with Gasteiger partial charge in [-0.3, -0.25) is 4.99 Å². The maximum absolute atomic E-state index is 5.73. The lowest BCUT2D eigenvalue weighted by Crippen LogP contribution is -2.41. The summed E-state index contributed by atoms with van der Waals surface area (Å²) in [6.07, 6.45) is 1.91. The number of benzene rings is 1. The van der Waals surface area contributed by atoms with Gasteiger partial charge in [-0.25, -0.2) is 4.98 Å². The maximum atomic E-state index is 5.73. The van der Waals surface area contributed by atoms with Crippen LogP contribution in [-0.4, -0.2) is 49.6 Å². The van der Waals surface area contributed by atoms with Crippen molar-refractivity contribution in [3.8, 4) is 5.75 Å². The molecule has 0 aliphatic rings. The molecular weight excluding hydrogens is 447 g/mol. The molecule has 0 aliphatic heterocycles. The molecule has 0 bridgehead atoms. The van der Waals surface area contributed by atoms with Crippen molar-refractivity contribution in [1.82, 2.24) is 15.2 Å². The fourth-order valence-electron chi connectivity index (χ4n) is 2.24. The van der Waals surface area contributed by atoms with Crippen LogP contribution in [0.25, 0.3) is 0 Å². The summed E-state index contributed by atoms with van der Waals surface area (Å²) in [5.74, 6) is 1.77. The SMILES string of the molecule is CCc1nc(CCNC(=NC)N(C)CCOc2ccccc2)cs1.I. The van der Waals surface area contributed by atoms with Gasteiger partial charge in [0, 0.05) is 32.4 Å². The first-order valence-electron chi connectivity index (χ1n) is 8.25. The molecule has 1 aromatic heterocycles. The molecule has 7 heteroatoms. The average Bonchev–Trinajstić information content (AvgIpc) is 3.07. The number of guanidine groups is 1. The molecule has 0 aliphatic carbocycles. The molecule has 0 unspecified atom stereocenters. The first-order valence-corrected chi connectivity index (χ1v) is 9.13. The van der Waals surface area contributed by atoms with Crippen LogP contribution >= 0.6 is 35.3 Å². The van der Waals surface area contributed by atoms with Gasteiger partial charge in [0.1, 0.15) is 12.4 Å². The number of hydrogen-bond donors (Lipinski definition) is 1. The van der Waals surface area contributed by atoms with Crippen LogP contribution in [0, 0.1) is 0 Å². The molecular formula is C18H27IN4OS. The molecule has 0 radical (unpaired) electrons. The van der Waals surface area contributed by atoms with Gasteiger partial charge in [-0.15, -0.1) is 35.3 Å². The van der Waals surface area contributed by atoms with E-state index in [1.807, 2.05) is 37.4 Å². The Labute approximate surface area is 171 Å². The Kier molecular flexibility index (Phi) is 10.5. The van der Waals surface area contributed by atoms with E-state index in [0.717, 1.165) is 43.3 Å². The Morgan fingerprint density at radius 2 is 2.08 bits per heavy atom. The summed E-state index contributed by atoms with van der Waals surface area (Å²) in [5, 5.41) is 6.72. The number of thiazole rings is 1. The lowest BCUT2D eigenvalue weighted by atomic mass is 10.3. The van der Waals surface area contributed by atoms with E-state index in [2.05, 4.69) is 32.5 Å². The molecule has 0 atom stereocenters. The minimum Gasteiger partial charge on any atom is -0.492 e. The smallest absolute Gasteiger partial charge is 0.193 e. The van der Waals surface area contributed by atoms with Gasteiger partial charge in [0.2, 0.25) is 0 Å². The molecule has 0 saturated carbocycles. The molecule has 1 aromatic carbocycles. The quantitative estimate of drug-likeness (QED) is 0.362. The molecule has 0 amide bonds. The molecule has 0 fully saturated rings. The molecule has 25 heavy (non-hydrogen) atoms. The van der Waals surface area contributed by atoms with Crippen molar-refractivity contribution < 1.29 is 4.74 Å². The van der Waals surface area contributed by atoms with Crippen molar-refractivity contribution >= 4 is 41.3 Å². The van der Waals surface area contributed by atoms with Crippen molar-refractivity contribution in [3.63, 3.8) is 0 Å². The summed E-state index contributed by atoms with van der Waals surface area (Å²) >= 11 is 1.73. The van der Waals surface area contributed by atoms with E-state index < -0.39 is 0 Å². The largest absolute Gasteiger partial charge is 0.492 e. The number of aromatic nitrogens is 1. The number of nitrogens with one attached hydrogen (secondary N) is 1. The van der Waals surface area contributed by atoms with Crippen LogP contribution < -0.4 is 10.1 Å². The fourth-order valence-corrected chi connectivity index (χ4v) is 3.02. The second kappa shape index (κ2) is 12.1. The molecule has 2 aromatic rings. The van der Waals surface area contributed by atoms with Crippen molar-refractivity contribution in [2.75, 3.05) is 33.8 Å². The zero-order valence-electron chi connectivity index (χ0n) is 15.1. The van der Waals surface area contributed by atoms with Crippen LogP contribution in [-0.2, 0) is 12.8 Å². The van der Waals surface area contributed by atoms with Crippen LogP contribution in [0.2, 0.25) is 0 Å². The highest BCUT2D eigenvalue weighted by Gasteiger charge is 2.06. The van der Waals surface area contributed by atoms with Gasteiger partial charge in [-0.1, -0.05) is 25.1 Å². The predicted octanol–water partition coefficient (Wildman–Crippen LogP) is 3.45. The first kappa shape index (κ1) is 21.7. The zero-order valence-corrected chi connectivity index (χ0v) is 18.2. The summed E-state index contributed by atoms with van der Waals surface area (Å²) in [5.41, 5.74) is 1.15. The Bertz CT molecular complexity index is 633. The standard InChI is InChI=1S/C18H26N4OS.HI/c1-4-17-21-15(14-24-17)10-11-20-18(19-2)22(3)12-13-23-16-8-6-5-7-9-16;/h5-9,14H,4,10-13H2,1-3H3,(H,19,20);1H. The van der Waals surface area contributed by atoms with E-state index in [1.54, 1.807) is 18.4 Å². The third-order valence-electron chi connectivity index (χ3n) is 3.58. The molecule has 5 nitrogen and oxygen atoms in total. The highest BCUT2D eigenvalue weighted by atomic mass is 127. The van der Waals surface area contributed by atoms with Gasteiger partial charge in [0.05, 0.1) is 17.2 Å². The number of likely N-dealkylation sites (N-methyl/N-ethyl adjacent to an activating group) is 1. The fraction of sp³-hybridized carbons (Fsp3) is 0.444. The van der Waals surface area contributed by atoms with Gasteiger partial charge >= 0.3 is 0 Å². The summed E-state index contributed by atoms with van der Waals surface area (Å²) in [4.78, 5) is 11.0. The third-order valence-corrected chi connectivity index (χ3v) is 4.62. The number of nitrogens with zero attached hydrogens (tertiary/aromatic N) is 3. The maximum Gasteiger partial charge on any atom is 0.193 e. The van der Waals surface area contributed by atoms with Gasteiger partial charge in [0.15, 0.2) is 5.96 Å². The second-order valence-corrected chi connectivity index (χ2v) is 6.34. The summed E-state index contributed by atoms with van der Waals surface area (Å²) in [7, 11) is 3.82. The number of aryl methyl sites for hydroxylation is 1. The highest BCUT2D eigenvalue weighted by Crippen LogP contribution is 2.10. The summed E-state index contributed by atoms with van der Waals surface area (Å²) < 4.78 is 5.73. The van der Waals surface area contributed by atoms with E-state index in [9.17, 15) is 0 Å². The first-order chi connectivity index (χ1) is 11.7. The van der Waals surface area contributed by atoms with Crippen molar-refractivity contribution in [1.29, 1.82) is 0 Å². The van der Waals surface area contributed by atoms with E-state index in [4.69, 9.17) is 4.74 Å². The number of para-hydroxylation sites is 1. The molecule has 0 spiro atoms. The summed E-state index contributed by atoms with van der Waals surface area (Å²) in [6.45, 7) is 4.34. The van der Waals surface area contributed by atoms with Crippen molar-refractivity contribution in [2.45, 2.75) is 19.8 Å². The number of ether oxygens (including phenoxy) is 1. The van der Waals surface area contributed by atoms with Gasteiger partial charge in [-0.2, -0.15) is 0 Å². The monoisotopic (exact) mass is 474 g/mol. The lowest BCUT2D eigenvalue weighted by molar-refractivity contribution is 0.281. The highest BCUT2D eigenvalue weighted by molar-refractivity contribution is 14.0. The predicted molar refractivity (Wildman–Crippen MR) is 117 cm³/mol. The van der Waals surface area contributed by atoms with Crippen LogP contribution in [0.4, 0.5) is 0 Å². The number of halogens is 1.